The molecule has 1 fully saturated rings. The second kappa shape index (κ2) is 11.8. The van der Waals surface area contributed by atoms with Crippen molar-refractivity contribution in [2.45, 2.75) is 51.2 Å². The molecule has 2 heterocycles. The number of nitrogens with zero attached hydrogens (tertiary/aromatic N) is 1. The fourth-order valence-electron chi connectivity index (χ4n) is 3.91. The Kier molecular flexibility index (Phi) is 8.82. The summed E-state index contributed by atoms with van der Waals surface area (Å²) in [7, 11) is 0. The van der Waals surface area contributed by atoms with Crippen LogP contribution in [0.25, 0.3) is 6.08 Å². The van der Waals surface area contributed by atoms with Crippen LogP contribution in [0.4, 0.5) is 0 Å². The second-order valence-electron chi connectivity index (χ2n) is 8.29. The number of rotatable bonds is 11. The van der Waals surface area contributed by atoms with E-state index in [1.54, 1.807) is 12.1 Å². The molecule has 0 aliphatic carbocycles. The lowest BCUT2D eigenvalue weighted by atomic mass is 9.95. The number of carbonyl (C=O) groups is 2. The van der Waals surface area contributed by atoms with Gasteiger partial charge in [-0.05, 0) is 55.4 Å². The van der Waals surface area contributed by atoms with Crippen molar-refractivity contribution in [3.05, 3.63) is 76.0 Å². The van der Waals surface area contributed by atoms with Gasteiger partial charge in [-0.15, -0.1) is 11.3 Å². The number of amides is 1. The number of aliphatic hydroxyl groups is 1. The van der Waals surface area contributed by atoms with Gasteiger partial charge in [0.1, 0.15) is 4.88 Å². The molecule has 6 heteroatoms. The van der Waals surface area contributed by atoms with E-state index in [0.717, 1.165) is 30.6 Å². The van der Waals surface area contributed by atoms with Gasteiger partial charge in [-0.2, -0.15) is 0 Å². The molecule has 0 saturated carbocycles. The summed E-state index contributed by atoms with van der Waals surface area (Å²) in [5.74, 6) is -0.669. The van der Waals surface area contributed by atoms with Crippen molar-refractivity contribution >= 4 is 29.3 Å². The van der Waals surface area contributed by atoms with Crippen LogP contribution >= 0.6 is 11.3 Å². The number of benzene rings is 1. The van der Waals surface area contributed by atoms with Crippen LogP contribution in [0.3, 0.4) is 0 Å². The number of hydrogen-bond acceptors (Lipinski definition) is 4. The Hall–Kier alpha value is -2.70. The van der Waals surface area contributed by atoms with Crippen LogP contribution in [0, 0.1) is 5.92 Å². The molecule has 1 aromatic heterocycles. The van der Waals surface area contributed by atoms with Crippen molar-refractivity contribution in [3.8, 4) is 0 Å². The van der Waals surface area contributed by atoms with E-state index in [2.05, 4.69) is 19.1 Å². The number of likely N-dealkylation sites (tertiary alicyclic amines) is 1. The number of aryl methyl sites for hydroxylation is 1. The molecule has 32 heavy (non-hydrogen) atoms. The van der Waals surface area contributed by atoms with E-state index in [1.165, 1.54) is 16.9 Å². The summed E-state index contributed by atoms with van der Waals surface area (Å²) in [5.41, 5.74) is 1.32. The first-order chi connectivity index (χ1) is 15.4. The van der Waals surface area contributed by atoms with E-state index >= 15 is 0 Å². The highest BCUT2D eigenvalue weighted by atomic mass is 32.1. The number of carboxylic acid groups (broad SMARTS) is 1. The molecule has 3 atom stereocenters. The minimum Gasteiger partial charge on any atom is -0.477 e. The first kappa shape index (κ1) is 24.0. The monoisotopic (exact) mass is 453 g/mol. The summed E-state index contributed by atoms with van der Waals surface area (Å²) in [6.07, 6.45) is 11.3. The van der Waals surface area contributed by atoms with Gasteiger partial charge >= 0.3 is 5.97 Å². The highest BCUT2D eigenvalue weighted by Gasteiger charge is 2.28. The summed E-state index contributed by atoms with van der Waals surface area (Å²) in [5, 5.41) is 19.6. The van der Waals surface area contributed by atoms with E-state index in [1.807, 2.05) is 47.4 Å². The van der Waals surface area contributed by atoms with Crippen LogP contribution in [0.15, 0.2) is 60.7 Å². The first-order valence-electron chi connectivity index (χ1n) is 11.1. The zero-order valence-corrected chi connectivity index (χ0v) is 19.2. The molecule has 170 valence electrons. The third-order valence-corrected chi connectivity index (χ3v) is 6.92. The molecule has 3 rings (SSSR count). The highest BCUT2D eigenvalue weighted by Crippen LogP contribution is 2.22. The summed E-state index contributed by atoms with van der Waals surface area (Å²) in [6, 6.07) is 13.7. The molecule has 5 nitrogen and oxygen atoms in total. The smallest absolute Gasteiger partial charge is 0.345 e. The number of hydrogen-bond donors (Lipinski definition) is 2. The van der Waals surface area contributed by atoms with Crippen LogP contribution in [-0.2, 0) is 11.2 Å². The minimum absolute atomic E-state index is 0.0174. The van der Waals surface area contributed by atoms with Crippen LogP contribution in [-0.4, -0.2) is 45.7 Å². The predicted octanol–water partition coefficient (Wildman–Crippen LogP) is 5.03. The van der Waals surface area contributed by atoms with Crippen molar-refractivity contribution in [2.24, 2.45) is 5.92 Å². The number of aliphatic hydroxyl groups excluding tert-OH is 1. The molecule has 1 saturated heterocycles. The topological polar surface area (TPSA) is 77.8 Å². The predicted molar refractivity (Wildman–Crippen MR) is 129 cm³/mol. The van der Waals surface area contributed by atoms with Gasteiger partial charge in [-0.3, -0.25) is 4.79 Å². The maximum atomic E-state index is 12.3. The van der Waals surface area contributed by atoms with Gasteiger partial charge in [0.15, 0.2) is 0 Å². The molecular weight excluding hydrogens is 422 g/mol. The second-order valence-corrected chi connectivity index (χ2v) is 9.41. The molecule has 0 radical (unpaired) electrons. The summed E-state index contributed by atoms with van der Waals surface area (Å²) in [6.45, 7) is 2.53. The van der Waals surface area contributed by atoms with Crippen molar-refractivity contribution < 1.29 is 19.8 Å². The lowest BCUT2D eigenvalue weighted by molar-refractivity contribution is -0.127. The molecule has 1 aromatic carbocycles. The highest BCUT2D eigenvalue weighted by molar-refractivity contribution is 7.14. The van der Waals surface area contributed by atoms with Crippen LogP contribution in [0.2, 0.25) is 0 Å². The van der Waals surface area contributed by atoms with Crippen molar-refractivity contribution in [3.63, 3.8) is 0 Å². The van der Waals surface area contributed by atoms with Crippen molar-refractivity contribution in [1.29, 1.82) is 0 Å². The molecule has 2 aromatic rings. The lowest BCUT2D eigenvalue weighted by Gasteiger charge is -2.22. The van der Waals surface area contributed by atoms with Crippen LogP contribution < -0.4 is 0 Å². The fraction of sp³-hybridized carbons (Fsp3) is 0.385. The maximum absolute atomic E-state index is 12.3. The zero-order valence-electron chi connectivity index (χ0n) is 18.4. The number of thiophene rings is 1. The lowest BCUT2D eigenvalue weighted by Crippen LogP contribution is -2.32. The maximum Gasteiger partial charge on any atom is 0.345 e. The minimum atomic E-state index is -0.928. The molecular formula is C26H31NO4S. The molecule has 0 spiro atoms. The summed E-state index contributed by atoms with van der Waals surface area (Å²) in [4.78, 5) is 26.2. The van der Waals surface area contributed by atoms with E-state index < -0.39 is 12.1 Å². The third-order valence-electron chi connectivity index (χ3n) is 5.88. The fourth-order valence-corrected chi connectivity index (χ4v) is 4.69. The van der Waals surface area contributed by atoms with Gasteiger partial charge in [0.25, 0.3) is 0 Å². The Morgan fingerprint density at radius 1 is 1.25 bits per heavy atom. The molecule has 1 aliphatic heterocycles. The van der Waals surface area contributed by atoms with E-state index in [-0.39, 0.29) is 17.9 Å². The number of aromatic carboxylic acids is 1. The molecule has 1 amide bonds. The normalized spacial score (nSPS) is 18.6. The van der Waals surface area contributed by atoms with Gasteiger partial charge in [-0.1, -0.05) is 55.5 Å². The van der Waals surface area contributed by atoms with Gasteiger partial charge in [-0.25, -0.2) is 4.79 Å². The first-order valence-corrected chi connectivity index (χ1v) is 11.9. The SMILES string of the molecule is C[C@@H](CCCc1ccccc1)[C@H](O)C=CC1CCC(=O)N1CC=Cc1ccc(C(=O)O)s1. The van der Waals surface area contributed by atoms with Gasteiger partial charge in [0.2, 0.25) is 5.91 Å². The number of carbonyl (C=O) groups excluding carboxylic acids is 1. The molecule has 0 bridgehead atoms. The van der Waals surface area contributed by atoms with Crippen molar-refractivity contribution in [2.75, 3.05) is 6.54 Å². The zero-order chi connectivity index (χ0) is 22.9. The van der Waals surface area contributed by atoms with Gasteiger partial charge in [0, 0.05) is 17.8 Å². The Morgan fingerprint density at radius 2 is 2.03 bits per heavy atom. The molecule has 1 unspecified atom stereocenters. The quantitative estimate of drug-likeness (QED) is 0.468. The average Bonchev–Trinajstić information content (AvgIpc) is 3.40. The van der Waals surface area contributed by atoms with E-state index in [9.17, 15) is 14.7 Å². The summed E-state index contributed by atoms with van der Waals surface area (Å²) >= 11 is 1.21. The number of carboxylic acids is 1. The molecule has 2 N–H and O–H groups in total. The molecule has 1 aliphatic rings. The third kappa shape index (κ3) is 6.90. The van der Waals surface area contributed by atoms with Gasteiger partial charge in [0.05, 0.1) is 12.1 Å². The Labute approximate surface area is 193 Å². The van der Waals surface area contributed by atoms with E-state index in [4.69, 9.17) is 5.11 Å². The van der Waals surface area contributed by atoms with E-state index in [0.29, 0.717) is 17.8 Å². The standard InChI is InChI=1S/C26H31NO4S/c1-19(7-5-10-20-8-3-2-4-9-20)23(28)15-12-21-13-17-25(29)27(21)18-6-11-22-14-16-24(32-22)26(30)31/h2-4,6,8-9,11-12,14-16,19,21,23,28H,5,7,10,13,17-18H2,1H3,(H,30,31)/t19-,21?,23+/m0/s1. The van der Waals surface area contributed by atoms with Crippen LogP contribution in [0.1, 0.15) is 52.7 Å². The average molecular weight is 454 g/mol. The van der Waals surface area contributed by atoms with Crippen molar-refractivity contribution in [1.82, 2.24) is 4.90 Å². The van der Waals surface area contributed by atoms with Gasteiger partial charge < -0.3 is 15.1 Å². The Balaban J connectivity index is 1.47. The Bertz CT molecular complexity index is 950. The summed E-state index contributed by atoms with van der Waals surface area (Å²) < 4.78 is 0. The largest absolute Gasteiger partial charge is 0.477 e. The van der Waals surface area contributed by atoms with Crippen LogP contribution in [0.5, 0.6) is 0 Å². The Morgan fingerprint density at radius 3 is 2.75 bits per heavy atom.